The molecule has 0 radical (unpaired) electrons. The van der Waals surface area contributed by atoms with Gasteiger partial charge in [-0.25, -0.2) is 0 Å². The minimum absolute atomic E-state index is 0.815. The van der Waals surface area contributed by atoms with E-state index in [2.05, 4.69) is 30.2 Å². The molecule has 0 aromatic rings. The Balaban J connectivity index is 1.99. The second kappa shape index (κ2) is 4.10. The highest BCUT2D eigenvalue weighted by molar-refractivity contribution is 5.25. The van der Waals surface area contributed by atoms with Crippen LogP contribution in [0.25, 0.3) is 0 Å². The fourth-order valence-corrected chi connectivity index (χ4v) is 2.37. The van der Waals surface area contributed by atoms with Crippen LogP contribution in [0.4, 0.5) is 0 Å². The molecule has 2 rings (SSSR count). The lowest BCUT2D eigenvalue weighted by atomic mass is 9.88. The van der Waals surface area contributed by atoms with Crippen molar-refractivity contribution in [3.8, 4) is 0 Å². The van der Waals surface area contributed by atoms with Gasteiger partial charge < -0.3 is 4.90 Å². The Morgan fingerprint density at radius 2 is 2.31 bits per heavy atom. The maximum absolute atomic E-state index is 2.46. The van der Waals surface area contributed by atoms with Gasteiger partial charge in [-0.15, -0.1) is 0 Å². The summed E-state index contributed by atoms with van der Waals surface area (Å²) in [6.07, 6.45) is 12.4. The van der Waals surface area contributed by atoms with Gasteiger partial charge in [-0.3, -0.25) is 0 Å². The maximum Gasteiger partial charge on any atom is 0.00471 e. The van der Waals surface area contributed by atoms with Gasteiger partial charge >= 0.3 is 0 Å². The second-order valence-electron chi connectivity index (χ2n) is 4.29. The third-order valence-corrected chi connectivity index (χ3v) is 3.12. The largest absolute Gasteiger partial charge is 0.306 e. The Morgan fingerprint density at radius 3 is 3.00 bits per heavy atom. The minimum atomic E-state index is 0.815. The first-order chi connectivity index (χ1) is 6.36. The van der Waals surface area contributed by atoms with E-state index < -0.39 is 0 Å². The molecular formula is C12H19N. The molecule has 2 aliphatic rings. The Hall–Kier alpha value is -0.560. The number of likely N-dealkylation sites (tertiary alicyclic amines) is 1. The molecule has 72 valence electrons. The van der Waals surface area contributed by atoms with Crippen molar-refractivity contribution in [3.63, 3.8) is 0 Å². The van der Waals surface area contributed by atoms with E-state index in [-0.39, 0.29) is 0 Å². The summed E-state index contributed by atoms with van der Waals surface area (Å²) in [5.74, 6) is 0.815. The van der Waals surface area contributed by atoms with Gasteiger partial charge in [0.05, 0.1) is 0 Å². The molecule has 0 amide bonds. The summed E-state index contributed by atoms with van der Waals surface area (Å²) in [6, 6.07) is 0. The lowest BCUT2D eigenvalue weighted by Crippen LogP contribution is -2.32. The van der Waals surface area contributed by atoms with Gasteiger partial charge in [0.2, 0.25) is 0 Å². The van der Waals surface area contributed by atoms with E-state index >= 15 is 0 Å². The molecule has 1 heteroatoms. The van der Waals surface area contributed by atoms with Gasteiger partial charge in [0, 0.05) is 6.54 Å². The predicted molar refractivity (Wildman–Crippen MR) is 56.7 cm³/mol. The van der Waals surface area contributed by atoms with Crippen LogP contribution in [0.15, 0.2) is 23.8 Å². The van der Waals surface area contributed by atoms with Gasteiger partial charge in [0.25, 0.3) is 0 Å². The summed E-state index contributed by atoms with van der Waals surface area (Å²) in [5, 5.41) is 0. The highest BCUT2D eigenvalue weighted by Gasteiger charge is 2.19. The van der Waals surface area contributed by atoms with E-state index in [1.54, 1.807) is 5.57 Å². The monoisotopic (exact) mass is 177 g/mol. The first kappa shape index (κ1) is 9.01. The molecule has 0 bridgehead atoms. The van der Waals surface area contributed by atoms with Crippen LogP contribution in [0, 0.1) is 5.92 Å². The predicted octanol–water partition coefficient (Wildman–Crippen LogP) is 2.60. The van der Waals surface area contributed by atoms with E-state index in [4.69, 9.17) is 0 Å². The average Bonchev–Trinajstić information content (AvgIpc) is 2.19. The zero-order chi connectivity index (χ0) is 9.10. The molecule has 1 aliphatic carbocycles. The van der Waals surface area contributed by atoms with Crippen LogP contribution in [0.5, 0.6) is 0 Å². The third kappa shape index (κ3) is 2.22. The van der Waals surface area contributed by atoms with E-state index in [1.807, 2.05) is 0 Å². The molecule has 1 fully saturated rings. The average molecular weight is 177 g/mol. The van der Waals surface area contributed by atoms with Crippen molar-refractivity contribution in [2.24, 2.45) is 5.92 Å². The number of hydrogen-bond acceptors (Lipinski definition) is 1. The summed E-state index contributed by atoms with van der Waals surface area (Å²) in [7, 11) is 2.24. The van der Waals surface area contributed by atoms with E-state index in [0.717, 1.165) is 5.92 Å². The van der Waals surface area contributed by atoms with Crippen molar-refractivity contribution < 1.29 is 0 Å². The zero-order valence-electron chi connectivity index (χ0n) is 8.50. The summed E-state index contributed by atoms with van der Waals surface area (Å²) < 4.78 is 0. The molecule has 1 atom stereocenters. The van der Waals surface area contributed by atoms with Crippen LogP contribution in [-0.2, 0) is 0 Å². The lowest BCUT2D eigenvalue weighted by Gasteiger charge is -2.31. The normalized spacial score (nSPS) is 30.2. The van der Waals surface area contributed by atoms with Crippen molar-refractivity contribution in [1.29, 1.82) is 0 Å². The van der Waals surface area contributed by atoms with Crippen LogP contribution >= 0.6 is 0 Å². The first-order valence-corrected chi connectivity index (χ1v) is 5.41. The molecular weight excluding hydrogens is 158 g/mol. The zero-order valence-corrected chi connectivity index (χ0v) is 8.50. The van der Waals surface area contributed by atoms with Crippen LogP contribution in [-0.4, -0.2) is 25.0 Å². The SMILES string of the molecule is CN1CCCC(C2=CCCC=C2)C1. The molecule has 1 aliphatic heterocycles. The Kier molecular flexibility index (Phi) is 2.84. The minimum Gasteiger partial charge on any atom is -0.306 e. The third-order valence-electron chi connectivity index (χ3n) is 3.12. The fourth-order valence-electron chi connectivity index (χ4n) is 2.37. The summed E-state index contributed by atoms with van der Waals surface area (Å²) >= 11 is 0. The molecule has 1 heterocycles. The topological polar surface area (TPSA) is 3.24 Å². The maximum atomic E-state index is 2.46. The number of piperidine rings is 1. The van der Waals surface area contributed by atoms with Crippen LogP contribution < -0.4 is 0 Å². The smallest absolute Gasteiger partial charge is 0.00471 e. The van der Waals surface area contributed by atoms with Crippen molar-refractivity contribution in [3.05, 3.63) is 23.8 Å². The molecule has 1 unspecified atom stereocenters. The van der Waals surface area contributed by atoms with Gasteiger partial charge in [0.1, 0.15) is 0 Å². The Labute approximate surface area is 81.1 Å². The van der Waals surface area contributed by atoms with Gasteiger partial charge in [0.15, 0.2) is 0 Å². The van der Waals surface area contributed by atoms with E-state index in [9.17, 15) is 0 Å². The van der Waals surface area contributed by atoms with Gasteiger partial charge in [-0.2, -0.15) is 0 Å². The molecule has 1 nitrogen and oxygen atoms in total. The van der Waals surface area contributed by atoms with Gasteiger partial charge in [-0.05, 0) is 50.8 Å². The standard InChI is InChI=1S/C12H19N/c1-13-9-5-8-12(10-13)11-6-3-2-4-7-11/h3,6-7,12H,2,4-5,8-10H2,1H3. The highest BCUT2D eigenvalue weighted by atomic mass is 15.1. The first-order valence-electron chi connectivity index (χ1n) is 5.41. The lowest BCUT2D eigenvalue weighted by molar-refractivity contribution is 0.232. The number of allylic oxidation sites excluding steroid dienone is 3. The quantitative estimate of drug-likeness (QED) is 0.595. The molecule has 0 saturated carbocycles. The van der Waals surface area contributed by atoms with Crippen molar-refractivity contribution >= 4 is 0 Å². The summed E-state index contributed by atoms with van der Waals surface area (Å²) in [6.45, 7) is 2.55. The van der Waals surface area contributed by atoms with Gasteiger partial charge in [-0.1, -0.05) is 18.2 Å². The number of hydrogen-bond donors (Lipinski definition) is 0. The van der Waals surface area contributed by atoms with Crippen LogP contribution in [0.1, 0.15) is 25.7 Å². The van der Waals surface area contributed by atoms with E-state index in [1.165, 1.54) is 38.8 Å². The Morgan fingerprint density at radius 1 is 1.38 bits per heavy atom. The summed E-state index contributed by atoms with van der Waals surface area (Å²) in [4.78, 5) is 2.46. The molecule has 0 spiro atoms. The second-order valence-corrected chi connectivity index (χ2v) is 4.29. The van der Waals surface area contributed by atoms with Crippen LogP contribution in [0.2, 0.25) is 0 Å². The highest BCUT2D eigenvalue weighted by Crippen LogP contribution is 2.26. The van der Waals surface area contributed by atoms with Crippen LogP contribution in [0.3, 0.4) is 0 Å². The molecule has 0 N–H and O–H groups in total. The molecule has 0 aromatic carbocycles. The summed E-state index contributed by atoms with van der Waals surface area (Å²) in [5.41, 5.74) is 1.60. The molecule has 0 aromatic heterocycles. The molecule has 1 saturated heterocycles. The number of rotatable bonds is 1. The van der Waals surface area contributed by atoms with E-state index in [0.29, 0.717) is 0 Å². The molecule has 13 heavy (non-hydrogen) atoms. The van der Waals surface area contributed by atoms with Crippen molar-refractivity contribution in [2.45, 2.75) is 25.7 Å². The Bertz CT molecular complexity index is 227. The van der Waals surface area contributed by atoms with Crippen molar-refractivity contribution in [2.75, 3.05) is 20.1 Å². The van der Waals surface area contributed by atoms with Crippen molar-refractivity contribution in [1.82, 2.24) is 4.90 Å². The number of nitrogens with zero attached hydrogens (tertiary/aromatic N) is 1. The fraction of sp³-hybridized carbons (Fsp3) is 0.667.